The molecule has 1 heterocycles. The van der Waals surface area contributed by atoms with Gasteiger partial charge in [-0.1, -0.05) is 34.6 Å². The van der Waals surface area contributed by atoms with Gasteiger partial charge in [0.25, 0.3) is 0 Å². The van der Waals surface area contributed by atoms with Gasteiger partial charge in [-0.25, -0.2) is 0 Å². The normalized spacial score (nSPS) is 24.0. The molecule has 2 atom stereocenters. The first kappa shape index (κ1) is 18.0. The van der Waals surface area contributed by atoms with Crippen molar-refractivity contribution < 1.29 is 14.3 Å². The zero-order valence-corrected chi connectivity index (χ0v) is 14.4. The minimum Gasteiger partial charge on any atom is -0.377 e. The van der Waals surface area contributed by atoms with E-state index < -0.39 is 12.1 Å². The zero-order chi connectivity index (χ0) is 16.4. The summed E-state index contributed by atoms with van der Waals surface area (Å²) in [5, 5.41) is 2.88. The quantitative estimate of drug-likeness (QED) is 0.842. The van der Waals surface area contributed by atoms with E-state index in [9.17, 15) is 9.59 Å². The first-order chi connectivity index (χ1) is 9.55. The van der Waals surface area contributed by atoms with E-state index in [4.69, 9.17) is 4.74 Å². The van der Waals surface area contributed by atoms with Crippen LogP contribution in [0.3, 0.4) is 0 Å². The summed E-state index contributed by atoms with van der Waals surface area (Å²) < 4.78 is 5.56. The Morgan fingerprint density at radius 2 is 1.76 bits per heavy atom. The first-order valence-corrected chi connectivity index (χ1v) is 7.78. The molecule has 1 aliphatic rings. The molecule has 0 aromatic carbocycles. The van der Waals surface area contributed by atoms with E-state index in [-0.39, 0.29) is 29.3 Å². The maximum atomic E-state index is 12.7. The highest BCUT2D eigenvalue weighted by molar-refractivity contribution is 5.97. The van der Waals surface area contributed by atoms with Crippen LogP contribution in [-0.4, -0.2) is 48.1 Å². The van der Waals surface area contributed by atoms with Gasteiger partial charge in [-0.15, -0.1) is 0 Å². The second kappa shape index (κ2) is 6.77. The van der Waals surface area contributed by atoms with Crippen molar-refractivity contribution in [1.29, 1.82) is 0 Å². The molecule has 21 heavy (non-hydrogen) atoms. The fraction of sp³-hybridized carbons (Fsp3) is 0.875. The van der Waals surface area contributed by atoms with Crippen molar-refractivity contribution >= 4 is 11.8 Å². The molecule has 0 bridgehead atoms. The van der Waals surface area contributed by atoms with Crippen LogP contribution in [0.4, 0.5) is 0 Å². The molecule has 1 saturated heterocycles. The van der Waals surface area contributed by atoms with Crippen LogP contribution < -0.4 is 5.32 Å². The average Bonchev–Trinajstić information content (AvgIpc) is 2.30. The first-order valence-electron chi connectivity index (χ1n) is 7.78. The predicted octanol–water partition coefficient (Wildman–Crippen LogP) is 1.81. The zero-order valence-electron chi connectivity index (χ0n) is 14.4. The summed E-state index contributed by atoms with van der Waals surface area (Å²) in [4.78, 5) is 26.9. The summed E-state index contributed by atoms with van der Waals surface area (Å²) in [5.41, 5.74) is -0.306. The van der Waals surface area contributed by atoms with Gasteiger partial charge < -0.3 is 15.0 Å². The third-order valence-corrected chi connectivity index (χ3v) is 3.68. The summed E-state index contributed by atoms with van der Waals surface area (Å²) in [6.45, 7) is 14.7. The lowest BCUT2D eigenvalue weighted by atomic mass is 9.82. The maximum Gasteiger partial charge on any atom is 0.246 e. The van der Waals surface area contributed by atoms with Gasteiger partial charge in [-0.05, 0) is 25.2 Å². The van der Waals surface area contributed by atoms with Crippen molar-refractivity contribution in [2.45, 2.75) is 66.7 Å². The molecule has 0 aromatic heterocycles. The van der Waals surface area contributed by atoms with Crippen LogP contribution in [0.15, 0.2) is 0 Å². The fourth-order valence-corrected chi connectivity index (χ4v) is 2.68. The monoisotopic (exact) mass is 298 g/mol. The van der Waals surface area contributed by atoms with Gasteiger partial charge in [0, 0.05) is 6.54 Å². The summed E-state index contributed by atoms with van der Waals surface area (Å²) in [6.07, 6.45) is 0.118. The Kier molecular flexibility index (Phi) is 5.79. The van der Waals surface area contributed by atoms with Crippen molar-refractivity contribution in [2.75, 3.05) is 13.2 Å². The van der Waals surface area contributed by atoms with Gasteiger partial charge in [-0.3, -0.25) is 9.59 Å². The van der Waals surface area contributed by atoms with Crippen molar-refractivity contribution in [1.82, 2.24) is 10.2 Å². The predicted molar refractivity (Wildman–Crippen MR) is 82.8 cm³/mol. The molecule has 1 N–H and O–H groups in total. The Hall–Kier alpha value is -1.10. The lowest BCUT2D eigenvalue weighted by Gasteiger charge is -2.45. The van der Waals surface area contributed by atoms with Crippen molar-refractivity contribution in [2.24, 2.45) is 11.3 Å². The highest BCUT2D eigenvalue weighted by Crippen LogP contribution is 2.28. The lowest BCUT2D eigenvalue weighted by Crippen LogP contribution is -2.68. The van der Waals surface area contributed by atoms with Crippen LogP contribution in [0.1, 0.15) is 48.5 Å². The number of hydrogen-bond acceptors (Lipinski definition) is 3. The molecular weight excluding hydrogens is 268 g/mol. The van der Waals surface area contributed by atoms with Gasteiger partial charge in [0.05, 0.1) is 12.7 Å². The molecule has 122 valence electrons. The molecule has 0 spiro atoms. The number of carbonyl (C=O) groups excluding carboxylic acids is 2. The van der Waals surface area contributed by atoms with Crippen LogP contribution in [0.2, 0.25) is 0 Å². The van der Waals surface area contributed by atoms with Crippen molar-refractivity contribution in [3.8, 4) is 0 Å². The van der Waals surface area contributed by atoms with Crippen LogP contribution in [0.25, 0.3) is 0 Å². The third kappa shape index (κ3) is 4.43. The lowest BCUT2D eigenvalue weighted by molar-refractivity contribution is -0.156. The molecule has 5 nitrogen and oxygen atoms in total. The number of carbonyl (C=O) groups is 2. The van der Waals surface area contributed by atoms with Gasteiger partial charge in [0.2, 0.25) is 11.8 Å². The number of rotatable bonds is 5. The third-order valence-electron chi connectivity index (χ3n) is 3.68. The average molecular weight is 298 g/mol. The largest absolute Gasteiger partial charge is 0.377 e. The smallest absolute Gasteiger partial charge is 0.246 e. The second-order valence-electron chi connectivity index (χ2n) is 7.45. The number of ether oxygens (including phenoxy) is 1. The SMILES string of the molecule is CC(C)OCCN1C(=O)C(C(C)C)NC(=O)C1C(C)(C)C. The van der Waals surface area contributed by atoms with E-state index in [1.807, 2.05) is 48.5 Å². The van der Waals surface area contributed by atoms with Crippen LogP contribution in [0.5, 0.6) is 0 Å². The van der Waals surface area contributed by atoms with Gasteiger partial charge in [-0.2, -0.15) is 0 Å². The van der Waals surface area contributed by atoms with Gasteiger partial charge >= 0.3 is 0 Å². The molecule has 5 heteroatoms. The Balaban J connectivity index is 2.95. The van der Waals surface area contributed by atoms with Crippen molar-refractivity contribution in [3.05, 3.63) is 0 Å². The molecule has 2 amide bonds. The van der Waals surface area contributed by atoms with E-state index >= 15 is 0 Å². The molecule has 0 aliphatic carbocycles. The van der Waals surface area contributed by atoms with Gasteiger partial charge in [0.1, 0.15) is 12.1 Å². The Bertz CT molecular complexity index is 385. The Labute approximate surface area is 128 Å². The summed E-state index contributed by atoms with van der Waals surface area (Å²) in [5.74, 6) is 0.0121. The van der Waals surface area contributed by atoms with E-state index in [1.54, 1.807) is 4.90 Å². The summed E-state index contributed by atoms with van der Waals surface area (Å²) >= 11 is 0. The molecular formula is C16H30N2O3. The number of amides is 2. The van der Waals surface area contributed by atoms with E-state index in [0.29, 0.717) is 13.2 Å². The maximum absolute atomic E-state index is 12.7. The standard InChI is InChI=1S/C16H30N2O3/c1-10(2)12-15(20)18(8-9-21-11(3)4)13(14(19)17-12)16(5,6)7/h10-13H,8-9H2,1-7H3,(H,17,19). The molecule has 1 rings (SSSR count). The van der Waals surface area contributed by atoms with Crippen LogP contribution in [-0.2, 0) is 14.3 Å². The minimum absolute atomic E-state index is 0.00289. The topological polar surface area (TPSA) is 58.6 Å². The van der Waals surface area contributed by atoms with Crippen molar-refractivity contribution in [3.63, 3.8) is 0 Å². The highest BCUT2D eigenvalue weighted by Gasteiger charge is 2.46. The number of nitrogens with one attached hydrogen (secondary N) is 1. The minimum atomic E-state index is -0.448. The van der Waals surface area contributed by atoms with Crippen LogP contribution in [0, 0.1) is 11.3 Å². The molecule has 0 saturated carbocycles. The van der Waals surface area contributed by atoms with Gasteiger partial charge in [0.15, 0.2) is 0 Å². The molecule has 0 aromatic rings. The number of nitrogens with zero attached hydrogens (tertiary/aromatic N) is 1. The summed E-state index contributed by atoms with van der Waals surface area (Å²) in [7, 11) is 0. The molecule has 0 radical (unpaired) electrons. The highest BCUT2D eigenvalue weighted by atomic mass is 16.5. The number of piperazine rings is 1. The summed E-state index contributed by atoms with van der Waals surface area (Å²) in [6, 6.07) is -0.883. The van der Waals surface area contributed by atoms with E-state index in [1.165, 1.54) is 0 Å². The fourth-order valence-electron chi connectivity index (χ4n) is 2.68. The van der Waals surface area contributed by atoms with E-state index in [2.05, 4.69) is 5.32 Å². The molecule has 1 fully saturated rings. The Morgan fingerprint density at radius 3 is 2.19 bits per heavy atom. The second-order valence-corrected chi connectivity index (χ2v) is 7.45. The molecule has 1 aliphatic heterocycles. The molecule has 2 unspecified atom stereocenters. The van der Waals surface area contributed by atoms with E-state index in [0.717, 1.165) is 0 Å². The Morgan fingerprint density at radius 1 is 1.19 bits per heavy atom. The van der Waals surface area contributed by atoms with Crippen LogP contribution >= 0.6 is 0 Å². The number of hydrogen-bond donors (Lipinski definition) is 1.